The van der Waals surface area contributed by atoms with E-state index in [1.54, 1.807) is 6.92 Å². The van der Waals surface area contributed by atoms with Gasteiger partial charge < -0.3 is 10.6 Å². The van der Waals surface area contributed by atoms with Gasteiger partial charge in [-0.25, -0.2) is 0 Å². The minimum Gasteiger partial charge on any atom is -0.339 e. The van der Waals surface area contributed by atoms with Gasteiger partial charge in [0.25, 0.3) is 0 Å². The number of amides is 1. The van der Waals surface area contributed by atoms with Gasteiger partial charge >= 0.3 is 0 Å². The molecular formula is C10H20N2OS. The lowest BCUT2D eigenvalue weighted by atomic mass is 10.1. The number of hydrogen-bond acceptors (Lipinski definition) is 3. The van der Waals surface area contributed by atoms with Crippen LogP contribution in [0, 0.1) is 5.92 Å². The molecule has 82 valence electrons. The standard InChI is InChI=1S/C10H20N2OS/c1-7(2)9-6-12(4-5-14-9)10(13)8(3)11/h7-9H,4-6,11H2,1-3H3/t8-,9?/m0/s1. The van der Waals surface area contributed by atoms with Crippen LogP contribution in [0.15, 0.2) is 0 Å². The highest BCUT2D eigenvalue weighted by atomic mass is 32.2. The minimum atomic E-state index is -0.356. The van der Waals surface area contributed by atoms with Crippen LogP contribution in [0.2, 0.25) is 0 Å². The fraction of sp³-hybridized carbons (Fsp3) is 0.900. The van der Waals surface area contributed by atoms with Crippen molar-refractivity contribution in [2.75, 3.05) is 18.8 Å². The van der Waals surface area contributed by atoms with E-state index in [-0.39, 0.29) is 11.9 Å². The van der Waals surface area contributed by atoms with Crippen molar-refractivity contribution in [3.8, 4) is 0 Å². The molecule has 1 unspecified atom stereocenters. The number of carbonyl (C=O) groups excluding carboxylic acids is 1. The summed E-state index contributed by atoms with van der Waals surface area (Å²) in [6.07, 6.45) is 0. The summed E-state index contributed by atoms with van der Waals surface area (Å²) in [6, 6.07) is -0.356. The molecule has 0 radical (unpaired) electrons. The number of nitrogens with two attached hydrogens (primary N) is 1. The molecule has 3 nitrogen and oxygen atoms in total. The Balaban J connectivity index is 2.51. The van der Waals surface area contributed by atoms with Gasteiger partial charge in [-0.3, -0.25) is 4.79 Å². The van der Waals surface area contributed by atoms with Gasteiger partial charge in [0.05, 0.1) is 6.04 Å². The molecule has 2 atom stereocenters. The second-order valence-electron chi connectivity index (χ2n) is 4.23. The highest BCUT2D eigenvalue weighted by Crippen LogP contribution is 2.24. The quantitative estimate of drug-likeness (QED) is 0.747. The second-order valence-corrected chi connectivity index (χ2v) is 5.57. The number of thioether (sulfide) groups is 1. The van der Waals surface area contributed by atoms with Crippen molar-refractivity contribution in [1.29, 1.82) is 0 Å². The summed E-state index contributed by atoms with van der Waals surface area (Å²) in [5.74, 6) is 1.76. The first-order valence-electron chi connectivity index (χ1n) is 5.18. The molecule has 1 rings (SSSR count). The average Bonchev–Trinajstić information content (AvgIpc) is 2.16. The average molecular weight is 216 g/mol. The van der Waals surface area contributed by atoms with Gasteiger partial charge in [-0.1, -0.05) is 13.8 Å². The van der Waals surface area contributed by atoms with Crippen LogP contribution in [0.4, 0.5) is 0 Å². The molecule has 1 saturated heterocycles. The number of rotatable bonds is 2. The van der Waals surface area contributed by atoms with Crippen molar-refractivity contribution < 1.29 is 4.79 Å². The van der Waals surface area contributed by atoms with Crippen LogP contribution in [0.1, 0.15) is 20.8 Å². The molecule has 0 aromatic carbocycles. The van der Waals surface area contributed by atoms with Crippen molar-refractivity contribution >= 4 is 17.7 Å². The lowest BCUT2D eigenvalue weighted by Gasteiger charge is -2.35. The minimum absolute atomic E-state index is 0.0935. The number of carbonyl (C=O) groups is 1. The van der Waals surface area contributed by atoms with E-state index in [1.807, 2.05) is 16.7 Å². The van der Waals surface area contributed by atoms with E-state index < -0.39 is 0 Å². The zero-order valence-corrected chi connectivity index (χ0v) is 10.0. The maximum absolute atomic E-state index is 11.7. The van der Waals surface area contributed by atoms with E-state index >= 15 is 0 Å². The predicted octanol–water partition coefficient (Wildman–Crippen LogP) is 0.934. The lowest BCUT2D eigenvalue weighted by Crippen LogP contribution is -2.49. The third kappa shape index (κ3) is 2.89. The van der Waals surface area contributed by atoms with E-state index in [0.29, 0.717) is 11.2 Å². The Kier molecular flexibility index (Phi) is 4.26. The molecule has 0 aliphatic carbocycles. The predicted molar refractivity (Wildman–Crippen MR) is 61.3 cm³/mol. The Morgan fingerprint density at radius 2 is 2.14 bits per heavy atom. The van der Waals surface area contributed by atoms with Gasteiger partial charge in [0, 0.05) is 24.1 Å². The molecule has 0 aromatic rings. The van der Waals surface area contributed by atoms with Crippen LogP contribution in [-0.2, 0) is 4.79 Å². The third-order valence-corrected chi connectivity index (χ3v) is 4.08. The van der Waals surface area contributed by atoms with Gasteiger partial charge in [-0.05, 0) is 12.8 Å². The first-order valence-corrected chi connectivity index (χ1v) is 6.23. The summed E-state index contributed by atoms with van der Waals surface area (Å²) in [6.45, 7) is 7.89. The van der Waals surface area contributed by atoms with Gasteiger partial charge in [0.1, 0.15) is 0 Å². The highest BCUT2D eigenvalue weighted by molar-refractivity contribution is 8.00. The Labute approximate surface area is 90.4 Å². The molecule has 1 amide bonds. The summed E-state index contributed by atoms with van der Waals surface area (Å²) >= 11 is 1.97. The summed E-state index contributed by atoms with van der Waals surface area (Å²) in [4.78, 5) is 13.6. The molecule has 0 saturated carbocycles. The van der Waals surface area contributed by atoms with Gasteiger partial charge in [-0.2, -0.15) is 11.8 Å². The highest BCUT2D eigenvalue weighted by Gasteiger charge is 2.27. The zero-order chi connectivity index (χ0) is 10.7. The second kappa shape index (κ2) is 5.03. The van der Waals surface area contributed by atoms with E-state index in [0.717, 1.165) is 18.8 Å². The largest absolute Gasteiger partial charge is 0.339 e. The molecule has 14 heavy (non-hydrogen) atoms. The van der Waals surface area contributed by atoms with Crippen molar-refractivity contribution in [1.82, 2.24) is 4.90 Å². The molecule has 1 fully saturated rings. The first kappa shape index (κ1) is 11.9. The fourth-order valence-corrected chi connectivity index (χ4v) is 2.87. The van der Waals surface area contributed by atoms with E-state index in [9.17, 15) is 4.79 Å². The summed E-state index contributed by atoms with van der Waals surface area (Å²) < 4.78 is 0. The topological polar surface area (TPSA) is 46.3 Å². The summed E-state index contributed by atoms with van der Waals surface area (Å²) in [5, 5.41) is 0.575. The van der Waals surface area contributed by atoms with Crippen LogP contribution in [0.5, 0.6) is 0 Å². The summed E-state index contributed by atoms with van der Waals surface area (Å²) in [7, 11) is 0. The number of hydrogen-bond donors (Lipinski definition) is 1. The summed E-state index contributed by atoms with van der Waals surface area (Å²) in [5.41, 5.74) is 5.59. The van der Waals surface area contributed by atoms with Crippen molar-refractivity contribution in [3.63, 3.8) is 0 Å². The molecule has 0 aromatic heterocycles. The number of nitrogens with zero attached hydrogens (tertiary/aromatic N) is 1. The Morgan fingerprint density at radius 3 is 2.64 bits per heavy atom. The Hall–Kier alpha value is -0.220. The van der Waals surface area contributed by atoms with Crippen molar-refractivity contribution in [2.45, 2.75) is 32.1 Å². The maximum atomic E-state index is 11.7. The molecule has 2 N–H and O–H groups in total. The lowest BCUT2D eigenvalue weighted by molar-refractivity contribution is -0.132. The van der Waals surface area contributed by atoms with Crippen LogP contribution < -0.4 is 5.73 Å². The Bertz CT molecular complexity index is 206. The van der Waals surface area contributed by atoms with Crippen molar-refractivity contribution in [3.05, 3.63) is 0 Å². The zero-order valence-electron chi connectivity index (χ0n) is 9.19. The smallest absolute Gasteiger partial charge is 0.239 e. The van der Waals surface area contributed by atoms with Gasteiger partial charge in [0.15, 0.2) is 0 Å². The normalized spacial score (nSPS) is 25.2. The molecule has 4 heteroatoms. The van der Waals surface area contributed by atoms with Crippen LogP contribution in [0.25, 0.3) is 0 Å². The molecule has 0 bridgehead atoms. The van der Waals surface area contributed by atoms with Gasteiger partial charge in [-0.15, -0.1) is 0 Å². The van der Waals surface area contributed by atoms with Gasteiger partial charge in [0.2, 0.25) is 5.91 Å². The SMILES string of the molecule is CC(C)C1CN(C(=O)[C@H](C)N)CCS1. The third-order valence-electron chi connectivity index (χ3n) is 2.54. The molecule has 0 spiro atoms. The molecular weight excluding hydrogens is 196 g/mol. The molecule has 1 heterocycles. The first-order chi connectivity index (χ1) is 6.52. The molecule has 1 aliphatic heterocycles. The van der Waals surface area contributed by atoms with E-state index in [4.69, 9.17) is 5.73 Å². The van der Waals surface area contributed by atoms with Crippen LogP contribution in [0.3, 0.4) is 0 Å². The van der Waals surface area contributed by atoms with E-state index in [2.05, 4.69) is 13.8 Å². The molecule has 1 aliphatic rings. The fourth-order valence-electron chi connectivity index (χ4n) is 1.57. The van der Waals surface area contributed by atoms with E-state index in [1.165, 1.54) is 0 Å². The van der Waals surface area contributed by atoms with Crippen LogP contribution >= 0.6 is 11.8 Å². The monoisotopic (exact) mass is 216 g/mol. The Morgan fingerprint density at radius 1 is 1.50 bits per heavy atom. The van der Waals surface area contributed by atoms with Crippen LogP contribution in [-0.4, -0.2) is 40.9 Å². The maximum Gasteiger partial charge on any atom is 0.239 e. The van der Waals surface area contributed by atoms with Crippen molar-refractivity contribution in [2.24, 2.45) is 11.7 Å².